The number of carbonyl (C=O) groups excluding carboxylic acids is 2. The number of hydrogen-bond acceptors (Lipinski definition) is 4. The summed E-state index contributed by atoms with van der Waals surface area (Å²) in [5.41, 5.74) is 2.92. The number of aliphatic hydroxyl groups excluding tert-OH is 1. The first-order chi connectivity index (χ1) is 13.0. The number of nitrogens with one attached hydrogen (secondary N) is 1. The molecule has 0 saturated heterocycles. The van der Waals surface area contributed by atoms with E-state index in [-0.39, 0.29) is 37.9 Å². The lowest BCUT2D eigenvalue weighted by Gasteiger charge is -2.12. The van der Waals surface area contributed by atoms with Crippen LogP contribution < -0.4 is 5.32 Å². The van der Waals surface area contributed by atoms with Crippen LogP contribution in [-0.4, -0.2) is 36.6 Å². The van der Waals surface area contributed by atoms with Gasteiger partial charge in [-0.2, -0.15) is 0 Å². The molecule has 3 rings (SSSR count). The van der Waals surface area contributed by atoms with Crippen molar-refractivity contribution in [1.82, 2.24) is 5.32 Å². The van der Waals surface area contributed by atoms with Gasteiger partial charge in [0.05, 0.1) is 13.2 Å². The first-order valence-electron chi connectivity index (χ1n) is 8.44. The molecule has 6 heteroatoms. The van der Waals surface area contributed by atoms with Gasteiger partial charge in [-0.05, 0) is 41.0 Å². The summed E-state index contributed by atoms with van der Waals surface area (Å²) < 4.78 is 19.5. The predicted octanol–water partition coefficient (Wildman–Crippen LogP) is 1.83. The number of terminal acetylenes is 1. The third kappa shape index (κ3) is 4.05. The van der Waals surface area contributed by atoms with E-state index in [1.54, 1.807) is 24.3 Å². The fraction of sp³-hybridized carbons (Fsp3) is 0.238. The maximum Gasteiger partial charge on any atom is 0.251 e. The zero-order valence-corrected chi connectivity index (χ0v) is 14.5. The third-order valence-electron chi connectivity index (χ3n) is 4.38. The van der Waals surface area contributed by atoms with Crippen LogP contribution in [0.3, 0.4) is 0 Å². The molecule has 27 heavy (non-hydrogen) atoms. The number of halogens is 1. The minimum Gasteiger partial charge on any atom is -0.394 e. The topological polar surface area (TPSA) is 75.6 Å². The molecule has 0 unspecified atom stereocenters. The highest BCUT2D eigenvalue weighted by molar-refractivity contribution is 6.03. The second-order valence-corrected chi connectivity index (χ2v) is 6.18. The maximum absolute atomic E-state index is 14.3. The van der Waals surface area contributed by atoms with Crippen molar-refractivity contribution in [2.45, 2.75) is 13.0 Å². The number of amides is 1. The summed E-state index contributed by atoms with van der Waals surface area (Å²) in [5.74, 6) is 1.40. The molecule has 1 heterocycles. The molecule has 5 nitrogen and oxygen atoms in total. The standard InChI is InChI=1S/C21H18FNO4/c1-2-13-3-4-14(19(22)7-13)8-15-9-18-16(11-23-21(18)26)10-17(15)20(25)12-27-6-5-24/h1,3-4,7,9-10,24H,5-6,8,11-12H2,(H,23,26). The summed E-state index contributed by atoms with van der Waals surface area (Å²) >= 11 is 0. The maximum atomic E-state index is 14.3. The average Bonchev–Trinajstić information content (AvgIpc) is 3.03. The number of benzene rings is 2. The molecule has 0 radical (unpaired) electrons. The molecule has 1 aliphatic rings. The van der Waals surface area contributed by atoms with Gasteiger partial charge in [0.2, 0.25) is 0 Å². The summed E-state index contributed by atoms with van der Waals surface area (Å²) in [4.78, 5) is 24.5. The number of aliphatic hydroxyl groups is 1. The molecule has 2 aromatic rings. The van der Waals surface area contributed by atoms with Gasteiger partial charge < -0.3 is 15.2 Å². The first-order valence-corrected chi connectivity index (χ1v) is 8.44. The molecular formula is C21H18FNO4. The van der Waals surface area contributed by atoms with E-state index < -0.39 is 5.82 Å². The Hall–Kier alpha value is -3.01. The summed E-state index contributed by atoms with van der Waals surface area (Å²) in [7, 11) is 0. The van der Waals surface area contributed by atoms with Crippen LogP contribution in [0.4, 0.5) is 4.39 Å². The van der Waals surface area contributed by atoms with Crippen LogP contribution in [0, 0.1) is 18.2 Å². The molecule has 0 saturated carbocycles. The minimum absolute atomic E-state index is 0.0498. The number of hydrogen-bond donors (Lipinski definition) is 2. The average molecular weight is 367 g/mol. The zero-order valence-electron chi connectivity index (χ0n) is 14.5. The van der Waals surface area contributed by atoms with Gasteiger partial charge in [-0.15, -0.1) is 6.42 Å². The van der Waals surface area contributed by atoms with E-state index in [0.29, 0.717) is 34.4 Å². The van der Waals surface area contributed by atoms with Gasteiger partial charge in [-0.3, -0.25) is 9.59 Å². The molecule has 1 aliphatic heterocycles. The minimum atomic E-state index is -0.467. The summed E-state index contributed by atoms with van der Waals surface area (Å²) in [6.45, 7) is 0.00735. The van der Waals surface area contributed by atoms with E-state index in [4.69, 9.17) is 16.3 Å². The van der Waals surface area contributed by atoms with Crippen molar-refractivity contribution in [3.63, 3.8) is 0 Å². The number of ether oxygens (including phenoxy) is 1. The first kappa shape index (κ1) is 18.8. The van der Waals surface area contributed by atoms with E-state index >= 15 is 0 Å². The van der Waals surface area contributed by atoms with E-state index in [9.17, 15) is 14.0 Å². The fourth-order valence-electron chi connectivity index (χ4n) is 3.02. The third-order valence-corrected chi connectivity index (χ3v) is 4.38. The largest absolute Gasteiger partial charge is 0.394 e. The van der Waals surface area contributed by atoms with E-state index in [0.717, 1.165) is 5.56 Å². The highest BCUT2D eigenvalue weighted by Gasteiger charge is 2.24. The lowest BCUT2D eigenvalue weighted by atomic mass is 9.92. The lowest BCUT2D eigenvalue weighted by Crippen LogP contribution is -2.15. The van der Waals surface area contributed by atoms with Crippen molar-refractivity contribution in [3.05, 3.63) is 69.5 Å². The Morgan fingerprint density at radius 2 is 2.11 bits per heavy atom. The lowest BCUT2D eigenvalue weighted by molar-refractivity contribution is 0.0663. The van der Waals surface area contributed by atoms with Gasteiger partial charge in [0, 0.05) is 29.7 Å². The van der Waals surface area contributed by atoms with E-state index in [1.165, 1.54) is 6.07 Å². The Morgan fingerprint density at radius 3 is 2.81 bits per heavy atom. The van der Waals surface area contributed by atoms with Crippen LogP contribution in [0.1, 0.15) is 43.0 Å². The summed E-state index contributed by atoms with van der Waals surface area (Å²) in [5, 5.41) is 11.5. The Morgan fingerprint density at radius 1 is 1.30 bits per heavy atom. The van der Waals surface area contributed by atoms with Gasteiger partial charge in [-0.25, -0.2) is 4.39 Å². The van der Waals surface area contributed by atoms with Crippen LogP contribution in [0.25, 0.3) is 0 Å². The van der Waals surface area contributed by atoms with Gasteiger partial charge >= 0.3 is 0 Å². The zero-order chi connectivity index (χ0) is 19.4. The Bertz CT molecular complexity index is 946. The molecule has 2 N–H and O–H groups in total. The number of rotatable bonds is 7. The van der Waals surface area contributed by atoms with Crippen LogP contribution in [0.5, 0.6) is 0 Å². The summed E-state index contributed by atoms with van der Waals surface area (Å²) in [6.07, 6.45) is 5.42. The Labute approximate surface area is 156 Å². The molecule has 0 fully saturated rings. The van der Waals surface area contributed by atoms with Gasteiger partial charge in [0.25, 0.3) is 5.91 Å². The second kappa shape index (κ2) is 8.12. The second-order valence-electron chi connectivity index (χ2n) is 6.18. The molecule has 0 aliphatic carbocycles. The van der Waals surface area contributed by atoms with E-state index in [2.05, 4.69) is 11.2 Å². The highest BCUT2D eigenvalue weighted by atomic mass is 19.1. The van der Waals surface area contributed by atoms with Gasteiger partial charge in [0.1, 0.15) is 12.4 Å². The quantitative estimate of drug-likeness (QED) is 0.445. The van der Waals surface area contributed by atoms with Crippen molar-refractivity contribution in [2.24, 2.45) is 0 Å². The Kier molecular flexibility index (Phi) is 5.65. The molecule has 138 valence electrons. The van der Waals surface area contributed by atoms with Crippen molar-refractivity contribution in [3.8, 4) is 12.3 Å². The predicted molar refractivity (Wildman–Crippen MR) is 97.0 cm³/mol. The van der Waals surface area contributed by atoms with Crippen molar-refractivity contribution < 1.29 is 23.8 Å². The van der Waals surface area contributed by atoms with Crippen molar-refractivity contribution in [2.75, 3.05) is 19.8 Å². The van der Waals surface area contributed by atoms with Crippen LogP contribution in [0.15, 0.2) is 30.3 Å². The Balaban J connectivity index is 1.97. The summed E-state index contributed by atoms with van der Waals surface area (Å²) in [6, 6.07) is 7.76. The fourth-order valence-corrected chi connectivity index (χ4v) is 3.02. The van der Waals surface area contributed by atoms with Crippen molar-refractivity contribution in [1.29, 1.82) is 0 Å². The van der Waals surface area contributed by atoms with E-state index in [1.807, 2.05) is 0 Å². The SMILES string of the molecule is C#Cc1ccc(Cc2cc3c(cc2C(=O)COCCO)CNC3=O)c(F)c1. The molecule has 0 spiro atoms. The number of carbonyl (C=O) groups is 2. The molecule has 0 atom stereocenters. The molecule has 0 aromatic heterocycles. The van der Waals surface area contributed by atoms with Crippen LogP contribution in [-0.2, 0) is 17.7 Å². The molecule has 0 bridgehead atoms. The molecule has 1 amide bonds. The van der Waals surface area contributed by atoms with Crippen molar-refractivity contribution >= 4 is 11.7 Å². The number of fused-ring (bicyclic) bond motifs is 1. The molecular weight excluding hydrogens is 349 g/mol. The van der Waals surface area contributed by atoms with Crippen LogP contribution in [0.2, 0.25) is 0 Å². The van der Waals surface area contributed by atoms with Crippen LogP contribution >= 0.6 is 0 Å². The van der Waals surface area contributed by atoms with Gasteiger partial charge in [-0.1, -0.05) is 12.0 Å². The van der Waals surface area contributed by atoms with Gasteiger partial charge in [0.15, 0.2) is 5.78 Å². The smallest absolute Gasteiger partial charge is 0.251 e. The number of Topliss-reactive ketones (excluding diaryl/α,β-unsaturated/α-hetero) is 1. The normalized spacial score (nSPS) is 12.4. The highest BCUT2D eigenvalue weighted by Crippen LogP contribution is 2.25. The monoisotopic (exact) mass is 367 g/mol. The molecule has 2 aromatic carbocycles. The number of ketones is 1.